The highest BCUT2D eigenvalue weighted by molar-refractivity contribution is 7.99. The van der Waals surface area contributed by atoms with Crippen molar-refractivity contribution < 1.29 is 5.11 Å². The van der Waals surface area contributed by atoms with Crippen LogP contribution in [0.25, 0.3) is 11.0 Å². The van der Waals surface area contributed by atoms with E-state index in [0.29, 0.717) is 15.8 Å². The van der Waals surface area contributed by atoms with E-state index in [9.17, 15) is 5.11 Å². The van der Waals surface area contributed by atoms with Gasteiger partial charge in [0.1, 0.15) is 17.2 Å². The molecule has 7 nitrogen and oxygen atoms in total. The van der Waals surface area contributed by atoms with Gasteiger partial charge in [-0.1, -0.05) is 18.5 Å². The monoisotopic (exact) mass is 390 g/mol. The van der Waals surface area contributed by atoms with Gasteiger partial charge in [0.2, 0.25) is 0 Å². The summed E-state index contributed by atoms with van der Waals surface area (Å²) in [4.78, 5) is 19.6. The van der Waals surface area contributed by atoms with Crippen LogP contribution in [0.5, 0.6) is 5.75 Å². The van der Waals surface area contributed by atoms with Crippen molar-refractivity contribution in [3.05, 3.63) is 29.2 Å². The molecule has 1 fully saturated rings. The molecule has 26 heavy (non-hydrogen) atoms. The van der Waals surface area contributed by atoms with E-state index in [2.05, 4.69) is 19.9 Å². The Hall–Kier alpha value is -2.03. The molecule has 0 aliphatic carbocycles. The van der Waals surface area contributed by atoms with Crippen LogP contribution < -0.4 is 10.6 Å². The Morgan fingerprint density at radius 2 is 2.27 bits per heavy atom. The fourth-order valence-electron chi connectivity index (χ4n) is 3.14. The lowest BCUT2D eigenvalue weighted by atomic mass is 10.3. The molecule has 3 aromatic heterocycles. The Morgan fingerprint density at radius 3 is 2.96 bits per heavy atom. The fourth-order valence-corrected chi connectivity index (χ4v) is 4.26. The average Bonchev–Trinajstić information content (AvgIpc) is 3.18. The van der Waals surface area contributed by atoms with E-state index >= 15 is 0 Å². The van der Waals surface area contributed by atoms with Gasteiger partial charge in [-0.3, -0.25) is 4.98 Å². The smallest absolute Gasteiger partial charge is 0.196 e. The molecule has 1 atom stereocenters. The van der Waals surface area contributed by atoms with Crippen LogP contribution in [0, 0.1) is 0 Å². The summed E-state index contributed by atoms with van der Waals surface area (Å²) in [6, 6.07) is 1.77. The number of aromatic amines is 1. The Kier molecular flexibility index (Phi) is 4.64. The van der Waals surface area contributed by atoms with Gasteiger partial charge in [0, 0.05) is 35.9 Å². The first-order valence-corrected chi connectivity index (χ1v) is 9.65. The van der Waals surface area contributed by atoms with E-state index in [1.165, 1.54) is 18.0 Å². The number of fused-ring (bicyclic) bond motifs is 1. The number of nitrogens with zero attached hydrogens (tertiary/aromatic N) is 4. The third-order valence-corrected chi connectivity index (χ3v) is 5.65. The van der Waals surface area contributed by atoms with Gasteiger partial charge in [-0.05, 0) is 30.7 Å². The molecule has 0 saturated carbocycles. The SMILES string of the molecule is CCc1[nH]c2nc(Sc3cncc(O)c3)nc(N3CCC(N)C3)c2c1Cl. The van der Waals surface area contributed by atoms with Crippen LogP contribution in [0.1, 0.15) is 19.0 Å². The van der Waals surface area contributed by atoms with E-state index in [-0.39, 0.29) is 11.8 Å². The van der Waals surface area contributed by atoms with Crippen molar-refractivity contribution in [2.45, 2.75) is 35.9 Å². The second-order valence-corrected chi connectivity index (χ2v) is 7.72. The van der Waals surface area contributed by atoms with Gasteiger partial charge in [-0.2, -0.15) is 0 Å². The standard InChI is InChI=1S/C17H19ClN6OS/c1-2-12-14(18)13-15(21-12)22-17(26-11-5-10(25)6-20-7-11)23-16(13)24-4-3-9(19)8-24/h5-7,9,25H,2-4,8,19H2,1H3,(H,21,22,23). The summed E-state index contributed by atoms with van der Waals surface area (Å²) in [5.74, 6) is 0.914. The molecule has 0 bridgehead atoms. The molecular formula is C17H19ClN6OS. The molecule has 1 unspecified atom stereocenters. The topological polar surface area (TPSA) is 104 Å². The minimum absolute atomic E-state index is 0.109. The summed E-state index contributed by atoms with van der Waals surface area (Å²) in [6.07, 6.45) is 4.77. The van der Waals surface area contributed by atoms with Crippen LogP contribution in [-0.4, -0.2) is 44.2 Å². The number of nitrogens with two attached hydrogens (primary N) is 1. The highest BCUT2D eigenvalue weighted by Gasteiger charge is 2.26. The van der Waals surface area contributed by atoms with Gasteiger partial charge in [-0.15, -0.1) is 0 Å². The molecule has 4 N–H and O–H groups in total. The van der Waals surface area contributed by atoms with Crippen LogP contribution in [0.4, 0.5) is 5.82 Å². The zero-order chi connectivity index (χ0) is 18.3. The number of nitrogens with one attached hydrogen (secondary N) is 1. The summed E-state index contributed by atoms with van der Waals surface area (Å²) >= 11 is 7.94. The molecule has 0 amide bonds. The Morgan fingerprint density at radius 1 is 1.42 bits per heavy atom. The fraction of sp³-hybridized carbons (Fsp3) is 0.353. The van der Waals surface area contributed by atoms with Gasteiger partial charge >= 0.3 is 0 Å². The third kappa shape index (κ3) is 3.20. The zero-order valence-corrected chi connectivity index (χ0v) is 15.8. The van der Waals surface area contributed by atoms with Gasteiger partial charge in [0.25, 0.3) is 0 Å². The number of hydrogen-bond donors (Lipinski definition) is 3. The number of rotatable bonds is 4. The van der Waals surface area contributed by atoms with Crippen LogP contribution in [0.2, 0.25) is 5.02 Å². The molecule has 3 aromatic rings. The van der Waals surface area contributed by atoms with Gasteiger partial charge in [0.15, 0.2) is 5.16 Å². The first kappa shape index (κ1) is 17.4. The lowest BCUT2D eigenvalue weighted by Crippen LogP contribution is -2.27. The van der Waals surface area contributed by atoms with E-state index < -0.39 is 0 Å². The number of H-pyrrole nitrogens is 1. The molecule has 9 heteroatoms. The number of halogens is 1. The maximum absolute atomic E-state index is 9.63. The largest absolute Gasteiger partial charge is 0.506 e. The van der Waals surface area contributed by atoms with Crippen molar-refractivity contribution in [2.24, 2.45) is 5.73 Å². The summed E-state index contributed by atoms with van der Waals surface area (Å²) in [7, 11) is 0. The van der Waals surface area contributed by atoms with Crippen LogP contribution in [0.15, 0.2) is 28.5 Å². The molecule has 0 aromatic carbocycles. The van der Waals surface area contributed by atoms with E-state index in [0.717, 1.165) is 47.7 Å². The lowest BCUT2D eigenvalue weighted by Gasteiger charge is -2.18. The lowest BCUT2D eigenvalue weighted by molar-refractivity contribution is 0.471. The Bertz CT molecular complexity index is 962. The van der Waals surface area contributed by atoms with Crippen LogP contribution in [0.3, 0.4) is 0 Å². The Balaban J connectivity index is 1.81. The second kappa shape index (κ2) is 6.94. The molecule has 1 aliphatic heterocycles. The maximum atomic E-state index is 9.63. The molecule has 4 rings (SSSR count). The summed E-state index contributed by atoms with van der Waals surface area (Å²) < 4.78 is 0. The van der Waals surface area contributed by atoms with E-state index in [1.807, 2.05) is 6.92 Å². The number of anilines is 1. The molecule has 1 aliphatic rings. The molecule has 0 spiro atoms. The van der Waals surface area contributed by atoms with Crippen molar-refractivity contribution in [2.75, 3.05) is 18.0 Å². The Labute approximate surface area is 160 Å². The van der Waals surface area contributed by atoms with Crippen molar-refractivity contribution >= 4 is 40.2 Å². The number of pyridine rings is 1. The van der Waals surface area contributed by atoms with Crippen LogP contribution in [-0.2, 0) is 6.42 Å². The third-order valence-electron chi connectivity index (χ3n) is 4.41. The molecule has 1 saturated heterocycles. The summed E-state index contributed by atoms with van der Waals surface area (Å²) in [5, 5.41) is 11.7. The summed E-state index contributed by atoms with van der Waals surface area (Å²) in [6.45, 7) is 3.63. The minimum Gasteiger partial charge on any atom is -0.506 e. The minimum atomic E-state index is 0.109. The predicted molar refractivity (Wildman–Crippen MR) is 103 cm³/mol. The van der Waals surface area contributed by atoms with Gasteiger partial charge < -0.3 is 20.7 Å². The molecule has 0 radical (unpaired) electrons. The summed E-state index contributed by atoms with van der Waals surface area (Å²) in [5.41, 5.74) is 7.75. The predicted octanol–water partition coefficient (Wildman–Crippen LogP) is 2.96. The zero-order valence-electron chi connectivity index (χ0n) is 14.2. The van der Waals surface area contributed by atoms with E-state index in [4.69, 9.17) is 22.3 Å². The average molecular weight is 391 g/mol. The highest BCUT2D eigenvalue weighted by atomic mass is 35.5. The van der Waals surface area contributed by atoms with Crippen molar-refractivity contribution in [3.8, 4) is 5.75 Å². The molecule has 4 heterocycles. The number of aryl methyl sites for hydroxylation is 1. The number of aromatic hydroxyl groups is 1. The second-order valence-electron chi connectivity index (χ2n) is 6.30. The molecular weight excluding hydrogens is 372 g/mol. The number of aromatic nitrogens is 4. The first-order valence-electron chi connectivity index (χ1n) is 8.45. The van der Waals surface area contributed by atoms with Gasteiger partial charge in [0.05, 0.1) is 16.6 Å². The molecule has 136 valence electrons. The number of hydrogen-bond acceptors (Lipinski definition) is 7. The van der Waals surface area contributed by atoms with Crippen molar-refractivity contribution in [1.29, 1.82) is 0 Å². The quantitative estimate of drug-likeness (QED) is 0.588. The van der Waals surface area contributed by atoms with E-state index in [1.54, 1.807) is 12.3 Å². The van der Waals surface area contributed by atoms with Crippen molar-refractivity contribution in [1.82, 2.24) is 19.9 Å². The highest BCUT2D eigenvalue weighted by Crippen LogP contribution is 2.37. The van der Waals surface area contributed by atoms with Crippen LogP contribution >= 0.6 is 23.4 Å². The van der Waals surface area contributed by atoms with Crippen molar-refractivity contribution in [3.63, 3.8) is 0 Å². The van der Waals surface area contributed by atoms with Gasteiger partial charge in [-0.25, -0.2) is 9.97 Å². The first-order chi connectivity index (χ1) is 12.5. The normalized spacial score (nSPS) is 17.3. The maximum Gasteiger partial charge on any atom is 0.196 e.